The number of nitrogen functional groups attached to an aromatic ring is 1. The summed E-state index contributed by atoms with van der Waals surface area (Å²) in [4.78, 5) is 19.1. The second-order valence-electron chi connectivity index (χ2n) is 8.93. The van der Waals surface area contributed by atoms with Gasteiger partial charge < -0.3 is 15.2 Å². The molecule has 2 fully saturated rings. The van der Waals surface area contributed by atoms with Crippen LogP contribution < -0.4 is 10.6 Å². The molecule has 2 aliphatic rings. The number of nitrogens with zero attached hydrogens (tertiary/aromatic N) is 6. The lowest BCUT2D eigenvalue weighted by atomic mass is 9.89. The van der Waals surface area contributed by atoms with Gasteiger partial charge in [0.05, 0.1) is 6.33 Å². The number of para-hydroxylation sites is 1. The number of piperazine rings is 1. The lowest BCUT2D eigenvalue weighted by molar-refractivity contribution is 0.251. The topological polar surface area (TPSA) is 76.1 Å². The van der Waals surface area contributed by atoms with Crippen LogP contribution in [0.3, 0.4) is 0 Å². The molecule has 0 amide bonds. The highest BCUT2D eigenvalue weighted by molar-refractivity contribution is 5.81. The Hall–Kier alpha value is -2.67. The molecule has 0 bridgehead atoms. The number of imidazole rings is 1. The average molecular weight is 420 g/mol. The van der Waals surface area contributed by atoms with Crippen LogP contribution in [0, 0.1) is 0 Å². The van der Waals surface area contributed by atoms with Gasteiger partial charge in [-0.2, -0.15) is 0 Å². The number of anilines is 2. The molecule has 2 aromatic heterocycles. The molecule has 2 N–H and O–H groups in total. The van der Waals surface area contributed by atoms with Crippen molar-refractivity contribution in [3.05, 3.63) is 42.5 Å². The summed E-state index contributed by atoms with van der Waals surface area (Å²) in [5, 5.41) is 0. The number of aryl methyl sites for hydroxylation is 1. The fraction of sp³-hybridized carbons (Fsp3) is 0.542. The fourth-order valence-corrected chi connectivity index (χ4v) is 5.02. The van der Waals surface area contributed by atoms with E-state index >= 15 is 0 Å². The van der Waals surface area contributed by atoms with Crippen LogP contribution in [0.4, 0.5) is 11.5 Å². The van der Waals surface area contributed by atoms with Crippen LogP contribution in [0.25, 0.3) is 11.2 Å². The maximum Gasteiger partial charge on any atom is 0.165 e. The van der Waals surface area contributed by atoms with Gasteiger partial charge in [-0.15, -0.1) is 0 Å². The van der Waals surface area contributed by atoms with Crippen LogP contribution in [-0.4, -0.2) is 57.1 Å². The van der Waals surface area contributed by atoms with Crippen molar-refractivity contribution < 1.29 is 0 Å². The molecule has 1 aliphatic heterocycles. The van der Waals surface area contributed by atoms with Gasteiger partial charge in [0.2, 0.25) is 0 Å². The number of aromatic nitrogens is 4. The molecule has 0 radical (unpaired) electrons. The van der Waals surface area contributed by atoms with E-state index < -0.39 is 0 Å². The molecule has 7 heteroatoms. The third-order valence-electron chi connectivity index (χ3n) is 6.85. The quantitative estimate of drug-likeness (QED) is 0.657. The zero-order chi connectivity index (χ0) is 21.0. The zero-order valence-corrected chi connectivity index (χ0v) is 18.3. The van der Waals surface area contributed by atoms with E-state index in [1.165, 1.54) is 37.8 Å². The number of hydrogen-bond donors (Lipinski definition) is 1. The maximum absolute atomic E-state index is 6.24. The Kier molecular flexibility index (Phi) is 6.02. The minimum Gasteiger partial charge on any atom is -0.382 e. The SMILES string of the molecule is Nc1nc(C2CCCCC2)nc2c1ncn2CCCN1CCN(c2ccccc2)CC1. The number of nitrogens with two attached hydrogens (primary N) is 1. The lowest BCUT2D eigenvalue weighted by Crippen LogP contribution is -2.46. The molecule has 164 valence electrons. The Bertz CT molecular complexity index is 986. The van der Waals surface area contributed by atoms with Crippen LogP contribution >= 0.6 is 0 Å². The summed E-state index contributed by atoms with van der Waals surface area (Å²) in [6.07, 6.45) is 9.17. The van der Waals surface area contributed by atoms with Gasteiger partial charge in [0.25, 0.3) is 0 Å². The number of hydrogen-bond acceptors (Lipinski definition) is 6. The first kappa shape index (κ1) is 20.2. The summed E-state index contributed by atoms with van der Waals surface area (Å²) < 4.78 is 2.17. The largest absolute Gasteiger partial charge is 0.382 e. The Morgan fingerprint density at radius 2 is 1.68 bits per heavy atom. The molecule has 0 unspecified atom stereocenters. The number of fused-ring (bicyclic) bond motifs is 1. The Labute approximate surface area is 184 Å². The van der Waals surface area contributed by atoms with E-state index in [1.54, 1.807) is 0 Å². The zero-order valence-electron chi connectivity index (χ0n) is 18.3. The van der Waals surface area contributed by atoms with Gasteiger partial charge in [-0.05, 0) is 37.9 Å². The molecule has 1 aromatic carbocycles. The van der Waals surface area contributed by atoms with Crippen molar-refractivity contribution in [3.8, 4) is 0 Å². The molecule has 1 saturated heterocycles. The minimum absolute atomic E-state index is 0.449. The summed E-state index contributed by atoms with van der Waals surface area (Å²) >= 11 is 0. The first-order valence-corrected chi connectivity index (χ1v) is 11.8. The first-order chi connectivity index (χ1) is 15.3. The smallest absolute Gasteiger partial charge is 0.165 e. The van der Waals surface area contributed by atoms with Crippen molar-refractivity contribution in [2.75, 3.05) is 43.4 Å². The van der Waals surface area contributed by atoms with E-state index in [2.05, 4.69) is 54.7 Å². The van der Waals surface area contributed by atoms with Gasteiger partial charge in [0.15, 0.2) is 11.5 Å². The van der Waals surface area contributed by atoms with Crippen LogP contribution in [-0.2, 0) is 6.54 Å². The highest BCUT2D eigenvalue weighted by Crippen LogP contribution is 2.32. The van der Waals surface area contributed by atoms with Crippen molar-refractivity contribution >= 4 is 22.7 Å². The first-order valence-electron chi connectivity index (χ1n) is 11.8. The maximum atomic E-state index is 6.24. The Morgan fingerprint density at radius 3 is 2.45 bits per heavy atom. The van der Waals surface area contributed by atoms with E-state index in [-0.39, 0.29) is 0 Å². The number of rotatable bonds is 6. The van der Waals surface area contributed by atoms with E-state index in [0.29, 0.717) is 11.7 Å². The highest BCUT2D eigenvalue weighted by atomic mass is 15.3. The van der Waals surface area contributed by atoms with Gasteiger partial charge in [0.1, 0.15) is 11.3 Å². The van der Waals surface area contributed by atoms with Crippen molar-refractivity contribution in [3.63, 3.8) is 0 Å². The van der Waals surface area contributed by atoms with Crippen LogP contribution in [0.15, 0.2) is 36.7 Å². The minimum atomic E-state index is 0.449. The Morgan fingerprint density at radius 1 is 0.903 bits per heavy atom. The van der Waals surface area contributed by atoms with Crippen molar-refractivity contribution in [2.24, 2.45) is 0 Å². The normalized spacial score (nSPS) is 18.6. The fourth-order valence-electron chi connectivity index (χ4n) is 5.02. The van der Waals surface area contributed by atoms with Gasteiger partial charge in [-0.25, -0.2) is 15.0 Å². The van der Waals surface area contributed by atoms with Crippen LogP contribution in [0.1, 0.15) is 50.3 Å². The van der Waals surface area contributed by atoms with E-state index in [9.17, 15) is 0 Å². The van der Waals surface area contributed by atoms with E-state index in [0.717, 1.165) is 62.7 Å². The van der Waals surface area contributed by atoms with Gasteiger partial charge in [-0.1, -0.05) is 37.5 Å². The Balaban J connectivity index is 1.18. The van der Waals surface area contributed by atoms with Crippen molar-refractivity contribution in [1.82, 2.24) is 24.4 Å². The van der Waals surface area contributed by atoms with Crippen molar-refractivity contribution in [2.45, 2.75) is 51.0 Å². The molecule has 3 aromatic rings. The van der Waals surface area contributed by atoms with E-state index in [4.69, 9.17) is 10.7 Å². The van der Waals surface area contributed by atoms with E-state index in [1.807, 2.05) is 6.33 Å². The molecule has 1 aliphatic carbocycles. The lowest BCUT2D eigenvalue weighted by Gasteiger charge is -2.36. The molecule has 0 atom stereocenters. The van der Waals surface area contributed by atoms with Crippen molar-refractivity contribution in [1.29, 1.82) is 0 Å². The second-order valence-corrected chi connectivity index (χ2v) is 8.93. The van der Waals surface area contributed by atoms with Crippen LogP contribution in [0.2, 0.25) is 0 Å². The molecular weight excluding hydrogens is 386 g/mol. The summed E-state index contributed by atoms with van der Waals surface area (Å²) in [6.45, 7) is 6.41. The summed E-state index contributed by atoms with van der Waals surface area (Å²) in [6, 6.07) is 10.7. The second kappa shape index (κ2) is 9.22. The highest BCUT2D eigenvalue weighted by Gasteiger charge is 2.21. The molecule has 5 rings (SSSR count). The van der Waals surface area contributed by atoms with Gasteiger partial charge in [-0.3, -0.25) is 4.90 Å². The summed E-state index contributed by atoms with van der Waals surface area (Å²) in [5.41, 5.74) is 9.23. The summed E-state index contributed by atoms with van der Waals surface area (Å²) in [5.74, 6) is 1.90. The molecule has 1 saturated carbocycles. The van der Waals surface area contributed by atoms with Gasteiger partial charge in [0, 0.05) is 44.3 Å². The third-order valence-corrected chi connectivity index (χ3v) is 6.85. The van der Waals surface area contributed by atoms with Crippen LogP contribution in [0.5, 0.6) is 0 Å². The number of benzene rings is 1. The average Bonchev–Trinajstić information content (AvgIpc) is 3.24. The molecular formula is C24H33N7. The predicted octanol–water partition coefficient (Wildman–Crippen LogP) is 3.67. The standard InChI is InChI=1S/C24H33N7/c25-22-21-24(28-23(27-22)19-8-3-1-4-9-19)31(18-26-21)13-7-12-29-14-16-30(17-15-29)20-10-5-2-6-11-20/h2,5-6,10-11,18-19H,1,3-4,7-9,12-17H2,(H2,25,27,28). The molecule has 3 heterocycles. The van der Waals surface area contributed by atoms with Gasteiger partial charge >= 0.3 is 0 Å². The summed E-state index contributed by atoms with van der Waals surface area (Å²) in [7, 11) is 0. The molecule has 7 nitrogen and oxygen atoms in total. The molecule has 31 heavy (non-hydrogen) atoms. The third kappa shape index (κ3) is 4.51. The monoisotopic (exact) mass is 419 g/mol. The molecule has 0 spiro atoms. The predicted molar refractivity (Wildman–Crippen MR) is 125 cm³/mol.